The average Bonchev–Trinajstić information content (AvgIpc) is 2.94. The smallest absolute Gasteiger partial charge is 0.195 e. The van der Waals surface area contributed by atoms with E-state index in [-0.39, 0.29) is 11.2 Å². The van der Waals surface area contributed by atoms with Gasteiger partial charge in [0.2, 0.25) is 0 Å². The van der Waals surface area contributed by atoms with Crippen LogP contribution in [0.1, 0.15) is 47.3 Å². The lowest BCUT2D eigenvalue weighted by molar-refractivity contribution is 0.103. The van der Waals surface area contributed by atoms with Crippen LogP contribution in [0.2, 0.25) is 0 Å². The van der Waals surface area contributed by atoms with Gasteiger partial charge in [-0.1, -0.05) is 55.5 Å². The predicted octanol–water partition coefficient (Wildman–Crippen LogP) is 4.86. The van der Waals surface area contributed by atoms with Crippen molar-refractivity contribution in [3.8, 4) is 0 Å². The number of para-hydroxylation sites is 1. The van der Waals surface area contributed by atoms with Crippen LogP contribution >= 0.6 is 0 Å². The van der Waals surface area contributed by atoms with Gasteiger partial charge in [0.1, 0.15) is 5.75 Å². The molecule has 2 unspecified atom stereocenters. The molecule has 2 aromatic carbocycles. The first-order chi connectivity index (χ1) is 12.1. The summed E-state index contributed by atoms with van der Waals surface area (Å²) >= 11 is -0.975. The first-order valence-corrected chi connectivity index (χ1v) is 10.0. The van der Waals surface area contributed by atoms with Crippen molar-refractivity contribution in [2.24, 2.45) is 0 Å². The highest BCUT2D eigenvalue weighted by Crippen LogP contribution is 2.34. The number of nitrogens with zero attached hydrogens (tertiary/aromatic N) is 1. The van der Waals surface area contributed by atoms with Gasteiger partial charge in [-0.25, -0.2) is 0 Å². The lowest BCUT2D eigenvalue weighted by atomic mass is 10.0. The standard InChI is InChI=1S/C21H23NO2S/c1-4-19(25(24)5-2)22-15(3)20(17-13-9-10-14-18(17)22)21(23)16-11-7-6-8-12-16/h6-14,19H,4-5H2,1-3H3. The molecular weight excluding hydrogens is 330 g/mol. The Morgan fingerprint density at radius 1 is 1.08 bits per heavy atom. The third-order valence-corrected chi connectivity index (χ3v) is 6.36. The average molecular weight is 353 g/mol. The van der Waals surface area contributed by atoms with Crippen molar-refractivity contribution in [3.63, 3.8) is 0 Å². The van der Waals surface area contributed by atoms with Crippen LogP contribution in [0, 0.1) is 6.92 Å². The van der Waals surface area contributed by atoms with Crippen molar-refractivity contribution in [2.75, 3.05) is 5.75 Å². The third kappa shape index (κ3) is 3.12. The predicted molar refractivity (Wildman–Crippen MR) is 105 cm³/mol. The highest BCUT2D eigenvalue weighted by atomic mass is 32.2. The lowest BCUT2D eigenvalue weighted by Gasteiger charge is -2.23. The molecule has 0 fully saturated rings. The molecule has 4 heteroatoms. The van der Waals surface area contributed by atoms with Gasteiger partial charge in [0.15, 0.2) is 11.2 Å². The summed E-state index contributed by atoms with van der Waals surface area (Å²) < 4.78 is 14.7. The van der Waals surface area contributed by atoms with Gasteiger partial charge in [0.25, 0.3) is 0 Å². The monoisotopic (exact) mass is 353 g/mol. The molecule has 1 aromatic heterocycles. The summed E-state index contributed by atoms with van der Waals surface area (Å²) in [5.41, 5.74) is 3.27. The molecule has 0 aliphatic carbocycles. The molecule has 1 heterocycles. The van der Waals surface area contributed by atoms with Gasteiger partial charge in [0.05, 0.1) is 11.1 Å². The summed E-state index contributed by atoms with van der Waals surface area (Å²) in [5, 5.41) is 0.813. The second-order valence-electron chi connectivity index (χ2n) is 6.08. The summed E-state index contributed by atoms with van der Waals surface area (Å²) in [6.45, 7) is 5.95. The third-order valence-electron chi connectivity index (χ3n) is 4.64. The van der Waals surface area contributed by atoms with Crippen molar-refractivity contribution >= 4 is 27.9 Å². The van der Waals surface area contributed by atoms with Crippen molar-refractivity contribution < 1.29 is 9.35 Å². The Balaban J connectivity index is 2.24. The quantitative estimate of drug-likeness (QED) is 0.469. The molecule has 25 heavy (non-hydrogen) atoms. The van der Waals surface area contributed by atoms with Crippen molar-refractivity contribution in [3.05, 3.63) is 71.4 Å². The topological polar surface area (TPSA) is 45.1 Å². The van der Waals surface area contributed by atoms with E-state index in [9.17, 15) is 9.35 Å². The van der Waals surface area contributed by atoms with Crippen LogP contribution in [0.5, 0.6) is 0 Å². The molecule has 0 aliphatic rings. The molecule has 2 atom stereocenters. The SMILES string of the molecule is CCC(n1c(C)c(C(=O)c2ccccc2)c2ccccc21)[S+]([O-])CC. The number of aromatic nitrogens is 1. The van der Waals surface area contributed by atoms with E-state index in [1.165, 1.54) is 0 Å². The maximum atomic E-state index is 13.2. The fourth-order valence-corrected chi connectivity index (χ4v) is 4.72. The van der Waals surface area contributed by atoms with Crippen molar-refractivity contribution in [1.29, 1.82) is 0 Å². The Bertz CT molecular complexity index is 886. The molecule has 0 N–H and O–H groups in total. The van der Waals surface area contributed by atoms with Crippen LogP contribution in [0.4, 0.5) is 0 Å². The fraction of sp³-hybridized carbons (Fsp3) is 0.286. The van der Waals surface area contributed by atoms with Crippen molar-refractivity contribution in [2.45, 2.75) is 32.6 Å². The molecule has 0 spiro atoms. The Morgan fingerprint density at radius 3 is 2.36 bits per heavy atom. The molecule has 0 amide bonds. The van der Waals surface area contributed by atoms with Gasteiger partial charge < -0.3 is 4.55 Å². The molecule has 0 radical (unpaired) electrons. The summed E-state index contributed by atoms with van der Waals surface area (Å²) in [5.74, 6) is 0.622. The molecule has 130 valence electrons. The number of fused-ring (bicyclic) bond motifs is 1. The van der Waals surface area contributed by atoms with E-state index in [2.05, 4.69) is 4.57 Å². The Morgan fingerprint density at radius 2 is 1.72 bits per heavy atom. The highest BCUT2D eigenvalue weighted by molar-refractivity contribution is 7.91. The van der Waals surface area contributed by atoms with Crippen LogP contribution in [0.25, 0.3) is 10.9 Å². The molecular formula is C21H23NO2S. The van der Waals surface area contributed by atoms with E-state index in [4.69, 9.17) is 0 Å². The van der Waals surface area contributed by atoms with Crippen LogP contribution in [-0.4, -0.2) is 20.7 Å². The van der Waals surface area contributed by atoms with E-state index in [0.29, 0.717) is 16.9 Å². The van der Waals surface area contributed by atoms with E-state index in [1.807, 2.05) is 75.4 Å². The van der Waals surface area contributed by atoms with E-state index in [1.54, 1.807) is 0 Å². The summed E-state index contributed by atoms with van der Waals surface area (Å²) in [6, 6.07) is 17.3. The normalized spacial score (nSPS) is 13.8. The summed E-state index contributed by atoms with van der Waals surface area (Å²) in [7, 11) is 0. The Kier molecular flexibility index (Phi) is 5.30. The zero-order valence-corrected chi connectivity index (χ0v) is 15.7. The largest absolute Gasteiger partial charge is 0.615 e. The van der Waals surface area contributed by atoms with Gasteiger partial charge in [-0.2, -0.15) is 0 Å². The summed E-state index contributed by atoms with van der Waals surface area (Å²) in [6.07, 6.45) is 0.763. The van der Waals surface area contributed by atoms with E-state index >= 15 is 0 Å². The number of hydrogen-bond donors (Lipinski definition) is 0. The van der Waals surface area contributed by atoms with Gasteiger partial charge in [-0.05, 0) is 31.1 Å². The molecule has 0 saturated heterocycles. The number of benzene rings is 2. The fourth-order valence-electron chi connectivity index (χ4n) is 3.46. The number of carbonyl (C=O) groups is 1. The number of carbonyl (C=O) groups excluding carboxylic acids is 1. The summed E-state index contributed by atoms with van der Waals surface area (Å²) in [4.78, 5) is 13.2. The van der Waals surface area contributed by atoms with Gasteiger partial charge >= 0.3 is 0 Å². The zero-order valence-electron chi connectivity index (χ0n) is 14.9. The van der Waals surface area contributed by atoms with Gasteiger partial charge in [-0.15, -0.1) is 0 Å². The zero-order chi connectivity index (χ0) is 18.0. The minimum Gasteiger partial charge on any atom is -0.615 e. The van der Waals surface area contributed by atoms with Crippen LogP contribution < -0.4 is 0 Å². The molecule has 3 aromatic rings. The first-order valence-electron chi connectivity index (χ1n) is 8.66. The number of rotatable bonds is 6. The van der Waals surface area contributed by atoms with Crippen LogP contribution in [0.3, 0.4) is 0 Å². The van der Waals surface area contributed by atoms with Gasteiger partial charge in [-0.3, -0.25) is 9.36 Å². The Hall–Kier alpha value is -2.04. The minimum absolute atomic E-state index is 0.0187. The molecule has 0 saturated carbocycles. The van der Waals surface area contributed by atoms with Crippen LogP contribution in [0.15, 0.2) is 54.6 Å². The van der Waals surface area contributed by atoms with E-state index in [0.717, 1.165) is 23.0 Å². The van der Waals surface area contributed by atoms with Crippen molar-refractivity contribution in [1.82, 2.24) is 4.57 Å². The second-order valence-corrected chi connectivity index (χ2v) is 7.96. The second kappa shape index (κ2) is 7.46. The number of hydrogen-bond acceptors (Lipinski definition) is 2. The van der Waals surface area contributed by atoms with Gasteiger partial charge in [0, 0.05) is 23.1 Å². The first kappa shape index (κ1) is 17.8. The maximum absolute atomic E-state index is 13.2. The van der Waals surface area contributed by atoms with E-state index < -0.39 is 11.2 Å². The molecule has 3 rings (SSSR count). The minimum atomic E-state index is -0.975. The Labute approximate surface area is 151 Å². The molecule has 0 bridgehead atoms. The molecule has 3 nitrogen and oxygen atoms in total. The lowest BCUT2D eigenvalue weighted by Crippen LogP contribution is -2.22. The molecule has 0 aliphatic heterocycles. The maximum Gasteiger partial charge on any atom is 0.195 e. The van der Waals surface area contributed by atoms with Crippen LogP contribution in [-0.2, 0) is 11.2 Å². The highest BCUT2D eigenvalue weighted by Gasteiger charge is 2.28. The number of ketones is 1.